The van der Waals surface area contributed by atoms with Gasteiger partial charge >= 0.3 is 5.97 Å². The molecule has 0 bridgehead atoms. The molecular formula is C25H22ClFN4O3. The highest BCUT2D eigenvalue weighted by Crippen LogP contribution is 2.25. The van der Waals surface area contributed by atoms with Gasteiger partial charge in [0, 0.05) is 35.2 Å². The van der Waals surface area contributed by atoms with Crippen molar-refractivity contribution in [3.8, 4) is 5.69 Å². The minimum absolute atomic E-state index is 0.262. The van der Waals surface area contributed by atoms with E-state index in [1.165, 1.54) is 36.1 Å². The van der Waals surface area contributed by atoms with Crippen molar-refractivity contribution in [3.63, 3.8) is 0 Å². The van der Waals surface area contributed by atoms with Crippen molar-refractivity contribution in [1.82, 2.24) is 20.1 Å². The first kappa shape index (κ1) is 23.3. The van der Waals surface area contributed by atoms with Crippen molar-refractivity contribution in [2.45, 2.75) is 19.4 Å². The standard InChI is InChI=1S/C25H22ClFN4O3/c1-15-19(24(26)31(30-15)18-9-7-17(27)8-10-18)11-12-23(32)29-22(25(33)34-2)13-16-14-28-21-6-4-3-5-20(16)21/h3-12,14,22,28H,13H2,1-2H3,(H,29,32)/b12-11+. The number of nitrogens with zero attached hydrogens (tertiary/aromatic N) is 2. The molecular weight excluding hydrogens is 459 g/mol. The molecule has 0 aliphatic rings. The van der Waals surface area contributed by atoms with Crippen molar-refractivity contribution < 1.29 is 18.7 Å². The van der Waals surface area contributed by atoms with Crippen LogP contribution in [0.2, 0.25) is 5.15 Å². The first-order valence-corrected chi connectivity index (χ1v) is 10.9. The highest BCUT2D eigenvalue weighted by atomic mass is 35.5. The summed E-state index contributed by atoms with van der Waals surface area (Å²) in [6.07, 6.45) is 4.89. The second-order valence-electron chi connectivity index (χ2n) is 7.66. The van der Waals surface area contributed by atoms with Crippen LogP contribution in [0.3, 0.4) is 0 Å². The fourth-order valence-corrected chi connectivity index (χ4v) is 4.02. The van der Waals surface area contributed by atoms with Crippen LogP contribution in [0.1, 0.15) is 16.8 Å². The fraction of sp³-hybridized carbons (Fsp3) is 0.160. The minimum Gasteiger partial charge on any atom is -0.467 e. The number of H-pyrrole nitrogens is 1. The van der Waals surface area contributed by atoms with Crippen molar-refractivity contribution in [2.75, 3.05) is 7.11 Å². The highest BCUT2D eigenvalue weighted by molar-refractivity contribution is 6.31. The average molecular weight is 481 g/mol. The molecule has 0 aliphatic carbocycles. The Morgan fingerprint density at radius 1 is 1.24 bits per heavy atom. The van der Waals surface area contributed by atoms with Crippen molar-refractivity contribution >= 4 is 40.5 Å². The zero-order valence-electron chi connectivity index (χ0n) is 18.5. The van der Waals surface area contributed by atoms with E-state index in [1.54, 1.807) is 19.1 Å². The number of aromatic nitrogens is 3. The second kappa shape index (κ2) is 9.93. The summed E-state index contributed by atoms with van der Waals surface area (Å²) < 4.78 is 19.6. The molecule has 2 aromatic heterocycles. The average Bonchev–Trinajstić information content (AvgIpc) is 3.37. The third kappa shape index (κ3) is 4.87. The summed E-state index contributed by atoms with van der Waals surface area (Å²) in [5.41, 5.74) is 3.53. The van der Waals surface area contributed by atoms with Crippen LogP contribution >= 0.6 is 11.6 Å². The van der Waals surface area contributed by atoms with Crippen molar-refractivity contribution in [2.24, 2.45) is 0 Å². The number of ether oxygens (including phenoxy) is 1. The monoisotopic (exact) mass is 480 g/mol. The number of nitrogens with one attached hydrogen (secondary N) is 2. The molecule has 2 heterocycles. The molecule has 0 saturated heterocycles. The van der Waals surface area contributed by atoms with Crippen LogP contribution in [0, 0.1) is 12.7 Å². The first-order chi connectivity index (χ1) is 16.4. The molecule has 0 radical (unpaired) electrons. The smallest absolute Gasteiger partial charge is 0.328 e. The molecule has 0 fully saturated rings. The number of hydrogen-bond donors (Lipinski definition) is 2. The zero-order chi connectivity index (χ0) is 24.2. The van der Waals surface area contributed by atoms with Gasteiger partial charge in [-0.15, -0.1) is 0 Å². The third-order valence-electron chi connectivity index (χ3n) is 5.42. The number of methoxy groups -OCH3 is 1. The Morgan fingerprint density at radius 3 is 2.71 bits per heavy atom. The number of halogens is 2. The molecule has 4 rings (SSSR count). The van der Waals surface area contributed by atoms with E-state index in [1.807, 2.05) is 30.5 Å². The van der Waals surface area contributed by atoms with Gasteiger partial charge in [-0.1, -0.05) is 29.8 Å². The summed E-state index contributed by atoms with van der Waals surface area (Å²) in [6.45, 7) is 1.75. The summed E-state index contributed by atoms with van der Waals surface area (Å²) >= 11 is 6.46. The molecule has 34 heavy (non-hydrogen) atoms. The number of fused-ring (bicyclic) bond motifs is 1. The number of amides is 1. The van der Waals surface area contributed by atoms with Gasteiger partial charge < -0.3 is 15.0 Å². The highest BCUT2D eigenvalue weighted by Gasteiger charge is 2.23. The largest absolute Gasteiger partial charge is 0.467 e. The number of aryl methyl sites for hydroxylation is 1. The zero-order valence-corrected chi connectivity index (χ0v) is 19.3. The van der Waals surface area contributed by atoms with Gasteiger partial charge in [0.05, 0.1) is 18.5 Å². The van der Waals surface area contributed by atoms with E-state index in [-0.39, 0.29) is 17.4 Å². The lowest BCUT2D eigenvalue weighted by molar-refractivity contribution is -0.144. The Hall–Kier alpha value is -3.91. The fourth-order valence-electron chi connectivity index (χ4n) is 3.69. The molecule has 2 N–H and O–H groups in total. The van der Waals surface area contributed by atoms with E-state index in [0.717, 1.165) is 16.5 Å². The predicted molar refractivity (Wildman–Crippen MR) is 128 cm³/mol. The van der Waals surface area contributed by atoms with Crippen molar-refractivity contribution in [3.05, 3.63) is 88.6 Å². The van der Waals surface area contributed by atoms with Gasteiger partial charge in [-0.25, -0.2) is 13.9 Å². The van der Waals surface area contributed by atoms with Gasteiger partial charge in [0.2, 0.25) is 5.91 Å². The molecule has 0 saturated carbocycles. The summed E-state index contributed by atoms with van der Waals surface area (Å²) in [7, 11) is 1.28. The van der Waals surface area contributed by atoms with Gasteiger partial charge in [0.25, 0.3) is 0 Å². The number of hydrogen-bond acceptors (Lipinski definition) is 4. The quantitative estimate of drug-likeness (QED) is 0.304. The van der Waals surface area contributed by atoms with Gasteiger partial charge in [-0.05, 0) is 48.9 Å². The number of para-hydroxylation sites is 1. The maximum absolute atomic E-state index is 13.2. The SMILES string of the molecule is COC(=O)C(Cc1c[nH]c2ccccc12)NC(=O)/C=C/c1c(C)nn(-c2ccc(F)cc2)c1Cl. The first-order valence-electron chi connectivity index (χ1n) is 10.5. The van der Waals surface area contributed by atoms with Crippen LogP contribution < -0.4 is 5.32 Å². The maximum Gasteiger partial charge on any atom is 0.328 e. The van der Waals surface area contributed by atoms with Crippen LogP contribution in [-0.4, -0.2) is 39.8 Å². The molecule has 7 nitrogen and oxygen atoms in total. The normalized spacial score (nSPS) is 12.2. The summed E-state index contributed by atoms with van der Waals surface area (Å²) in [5.74, 6) is -1.40. The number of esters is 1. The number of aromatic amines is 1. The van der Waals surface area contributed by atoms with E-state index >= 15 is 0 Å². The Balaban J connectivity index is 1.51. The van der Waals surface area contributed by atoms with E-state index in [9.17, 15) is 14.0 Å². The lowest BCUT2D eigenvalue weighted by atomic mass is 10.0. The molecule has 0 spiro atoms. The Morgan fingerprint density at radius 2 is 1.97 bits per heavy atom. The third-order valence-corrected chi connectivity index (χ3v) is 5.79. The number of benzene rings is 2. The van der Waals surface area contributed by atoms with E-state index in [4.69, 9.17) is 16.3 Å². The molecule has 0 aliphatic heterocycles. The Kier molecular flexibility index (Phi) is 6.79. The van der Waals surface area contributed by atoms with Gasteiger partial charge in [0.15, 0.2) is 0 Å². The van der Waals surface area contributed by atoms with E-state index in [2.05, 4.69) is 15.4 Å². The molecule has 2 aromatic carbocycles. The maximum atomic E-state index is 13.2. The van der Waals surface area contributed by atoms with Gasteiger partial charge in [-0.3, -0.25) is 4.79 Å². The molecule has 1 unspecified atom stereocenters. The predicted octanol–water partition coefficient (Wildman–Crippen LogP) is 4.37. The minimum atomic E-state index is -0.875. The van der Waals surface area contributed by atoms with Crippen LogP contribution in [0.15, 0.2) is 60.8 Å². The molecule has 9 heteroatoms. The number of carbonyl (C=O) groups is 2. The topological polar surface area (TPSA) is 89.0 Å². The number of carbonyl (C=O) groups excluding carboxylic acids is 2. The Bertz CT molecular complexity index is 1370. The molecule has 174 valence electrons. The molecule has 1 atom stereocenters. The molecule has 4 aromatic rings. The van der Waals surface area contributed by atoms with E-state index < -0.39 is 17.9 Å². The molecule has 1 amide bonds. The van der Waals surface area contributed by atoms with Crippen molar-refractivity contribution in [1.29, 1.82) is 0 Å². The lowest BCUT2D eigenvalue weighted by Gasteiger charge is -2.15. The van der Waals surface area contributed by atoms with E-state index in [0.29, 0.717) is 16.9 Å². The van der Waals surface area contributed by atoms with Crippen LogP contribution in [-0.2, 0) is 20.7 Å². The second-order valence-corrected chi connectivity index (χ2v) is 8.02. The van der Waals surface area contributed by atoms with Gasteiger partial charge in [0.1, 0.15) is 17.0 Å². The van der Waals surface area contributed by atoms with Crippen LogP contribution in [0.25, 0.3) is 22.7 Å². The summed E-state index contributed by atoms with van der Waals surface area (Å²) in [4.78, 5) is 28.2. The summed E-state index contributed by atoms with van der Waals surface area (Å²) in [5, 5.41) is 8.31. The lowest BCUT2D eigenvalue weighted by Crippen LogP contribution is -2.42. The Labute approximate surface area is 200 Å². The summed E-state index contributed by atoms with van der Waals surface area (Å²) in [6, 6.07) is 12.6. The number of rotatable bonds is 7. The van der Waals surface area contributed by atoms with Gasteiger partial charge in [-0.2, -0.15) is 5.10 Å². The van der Waals surface area contributed by atoms with Crippen LogP contribution in [0.5, 0.6) is 0 Å². The van der Waals surface area contributed by atoms with Crippen LogP contribution in [0.4, 0.5) is 4.39 Å².